The van der Waals surface area contributed by atoms with Gasteiger partial charge in [0.2, 0.25) is 0 Å². The quantitative estimate of drug-likeness (QED) is 0.614. The maximum Gasteiger partial charge on any atom is 0.179 e. The number of hydrogen-bond acceptors (Lipinski definition) is 2. The minimum absolute atomic E-state index is 0.223. The zero-order chi connectivity index (χ0) is 11.6. The highest BCUT2D eigenvalue weighted by Crippen LogP contribution is 2.34. The second kappa shape index (κ2) is 4.68. The maximum absolute atomic E-state index is 12.4. The average Bonchev–Trinajstić information content (AvgIpc) is 2.33. The number of rotatable bonds is 2. The van der Waals surface area contributed by atoms with Crippen LogP contribution in [-0.4, -0.2) is 35.1 Å². The minimum Gasteiger partial charge on any atom is -0.306 e. The number of benzene rings is 1. The van der Waals surface area contributed by atoms with Gasteiger partial charge in [-0.1, -0.05) is 46.3 Å². The molecule has 1 fully saturated rings. The zero-order valence-corrected chi connectivity index (χ0v) is 11.0. The van der Waals surface area contributed by atoms with Crippen LogP contribution in [0.2, 0.25) is 0 Å². The van der Waals surface area contributed by atoms with E-state index in [-0.39, 0.29) is 10.1 Å². The van der Waals surface area contributed by atoms with Crippen LogP contribution in [0, 0.1) is 0 Å². The third-order valence-electron chi connectivity index (χ3n) is 3.22. The molecule has 86 valence electrons. The third kappa shape index (κ3) is 2.36. The molecule has 1 saturated heterocycles. The first-order valence-electron chi connectivity index (χ1n) is 5.59. The lowest BCUT2D eigenvalue weighted by Gasteiger charge is -2.35. The number of ketones is 1. The maximum atomic E-state index is 12.4. The first-order valence-corrected chi connectivity index (χ1v) is 6.38. The highest BCUT2D eigenvalue weighted by atomic mass is 79.9. The van der Waals surface area contributed by atoms with Crippen LogP contribution in [0.15, 0.2) is 30.3 Å². The fourth-order valence-corrected chi connectivity index (χ4v) is 2.63. The molecule has 0 amide bonds. The monoisotopic (exact) mass is 281 g/mol. The molecule has 0 N–H and O–H groups in total. The fourth-order valence-electron chi connectivity index (χ4n) is 2.05. The van der Waals surface area contributed by atoms with E-state index in [0.717, 1.165) is 31.5 Å². The van der Waals surface area contributed by atoms with E-state index >= 15 is 0 Å². The van der Waals surface area contributed by atoms with Gasteiger partial charge >= 0.3 is 0 Å². The number of alkyl halides is 1. The van der Waals surface area contributed by atoms with E-state index in [1.54, 1.807) is 0 Å². The zero-order valence-electron chi connectivity index (χ0n) is 9.45. The van der Waals surface area contributed by atoms with Crippen LogP contribution in [0.3, 0.4) is 0 Å². The summed E-state index contributed by atoms with van der Waals surface area (Å²) in [6.07, 6.45) is 1.77. The fraction of sp³-hybridized carbons (Fsp3) is 0.462. The third-order valence-corrected chi connectivity index (χ3v) is 4.38. The van der Waals surface area contributed by atoms with Gasteiger partial charge in [0.25, 0.3) is 0 Å². The summed E-state index contributed by atoms with van der Waals surface area (Å²) >= 11 is 3.65. The lowest BCUT2D eigenvalue weighted by Crippen LogP contribution is -2.43. The molecule has 1 aromatic rings. The summed E-state index contributed by atoms with van der Waals surface area (Å²) in [6.45, 7) is 1.95. The standard InChI is InChI=1S/C13H16BrNO/c1-15-9-7-13(14,8-10-15)12(16)11-5-3-2-4-6-11/h2-6H,7-10H2,1H3. The summed E-state index contributed by atoms with van der Waals surface area (Å²) < 4.78 is -0.346. The van der Waals surface area contributed by atoms with Gasteiger partial charge in [0.1, 0.15) is 0 Å². The van der Waals surface area contributed by atoms with Gasteiger partial charge in [0, 0.05) is 5.56 Å². The number of nitrogens with zero attached hydrogens (tertiary/aromatic N) is 1. The molecule has 0 atom stereocenters. The van der Waals surface area contributed by atoms with Crippen molar-refractivity contribution in [3.63, 3.8) is 0 Å². The smallest absolute Gasteiger partial charge is 0.179 e. The summed E-state index contributed by atoms with van der Waals surface area (Å²) in [7, 11) is 2.10. The predicted octanol–water partition coefficient (Wildman–Crippen LogP) is 2.73. The molecule has 2 rings (SSSR count). The molecule has 16 heavy (non-hydrogen) atoms. The first kappa shape index (κ1) is 11.8. The Hall–Kier alpha value is -0.670. The highest BCUT2D eigenvalue weighted by molar-refractivity contribution is 9.10. The van der Waals surface area contributed by atoms with Gasteiger partial charge in [-0.05, 0) is 33.0 Å². The van der Waals surface area contributed by atoms with Gasteiger partial charge in [-0.15, -0.1) is 0 Å². The number of Topliss-reactive ketones (excluding diaryl/α,β-unsaturated/α-hetero) is 1. The number of likely N-dealkylation sites (tertiary alicyclic amines) is 1. The van der Waals surface area contributed by atoms with Crippen molar-refractivity contribution in [1.29, 1.82) is 0 Å². The molecule has 3 heteroatoms. The lowest BCUT2D eigenvalue weighted by atomic mass is 9.89. The molecule has 1 heterocycles. The van der Waals surface area contributed by atoms with E-state index in [0.29, 0.717) is 0 Å². The Morgan fingerprint density at radius 2 is 1.81 bits per heavy atom. The Morgan fingerprint density at radius 1 is 1.25 bits per heavy atom. The predicted molar refractivity (Wildman–Crippen MR) is 69.2 cm³/mol. The number of halogens is 1. The summed E-state index contributed by atoms with van der Waals surface area (Å²) in [5, 5.41) is 0. The van der Waals surface area contributed by atoms with Gasteiger partial charge in [-0.25, -0.2) is 0 Å². The second-order valence-electron chi connectivity index (χ2n) is 4.46. The molecule has 0 spiro atoms. The second-order valence-corrected chi connectivity index (χ2v) is 5.98. The summed E-state index contributed by atoms with van der Waals surface area (Å²) in [4.78, 5) is 14.6. The average molecular weight is 282 g/mol. The first-order chi connectivity index (χ1) is 7.62. The molecular formula is C13H16BrNO. The largest absolute Gasteiger partial charge is 0.306 e. The van der Waals surface area contributed by atoms with Crippen molar-refractivity contribution < 1.29 is 4.79 Å². The molecular weight excluding hydrogens is 266 g/mol. The van der Waals surface area contributed by atoms with Crippen LogP contribution in [0.4, 0.5) is 0 Å². The van der Waals surface area contributed by atoms with Gasteiger partial charge in [0.05, 0.1) is 4.32 Å². The van der Waals surface area contributed by atoms with Crippen LogP contribution in [-0.2, 0) is 0 Å². The topological polar surface area (TPSA) is 20.3 Å². The van der Waals surface area contributed by atoms with E-state index in [1.165, 1.54) is 0 Å². The van der Waals surface area contributed by atoms with E-state index in [2.05, 4.69) is 27.9 Å². The molecule has 0 bridgehead atoms. The molecule has 0 radical (unpaired) electrons. The van der Waals surface area contributed by atoms with Gasteiger partial charge in [0.15, 0.2) is 5.78 Å². The highest BCUT2D eigenvalue weighted by Gasteiger charge is 2.38. The van der Waals surface area contributed by atoms with E-state index in [4.69, 9.17) is 0 Å². The van der Waals surface area contributed by atoms with Crippen molar-refractivity contribution >= 4 is 21.7 Å². The number of carbonyl (C=O) groups excluding carboxylic acids is 1. The molecule has 0 saturated carbocycles. The van der Waals surface area contributed by atoms with Crippen molar-refractivity contribution in [3.05, 3.63) is 35.9 Å². The lowest BCUT2D eigenvalue weighted by molar-refractivity contribution is 0.0899. The molecule has 2 nitrogen and oxygen atoms in total. The van der Waals surface area contributed by atoms with Crippen LogP contribution in [0.5, 0.6) is 0 Å². The van der Waals surface area contributed by atoms with Gasteiger partial charge < -0.3 is 4.90 Å². The Bertz CT molecular complexity index is 369. The van der Waals surface area contributed by atoms with Gasteiger partial charge in [-0.3, -0.25) is 4.79 Å². The molecule has 1 aliphatic heterocycles. The SMILES string of the molecule is CN1CCC(Br)(C(=O)c2ccccc2)CC1. The number of carbonyl (C=O) groups is 1. The normalized spacial score (nSPS) is 20.6. The Kier molecular flexibility index (Phi) is 3.45. The van der Waals surface area contributed by atoms with Crippen LogP contribution in [0.25, 0.3) is 0 Å². The summed E-state index contributed by atoms with van der Waals surface area (Å²) in [5.41, 5.74) is 0.809. The van der Waals surface area contributed by atoms with Crippen molar-refractivity contribution in [2.45, 2.75) is 17.2 Å². The van der Waals surface area contributed by atoms with Crippen molar-refractivity contribution in [3.8, 4) is 0 Å². The van der Waals surface area contributed by atoms with Crippen molar-refractivity contribution in [2.24, 2.45) is 0 Å². The molecule has 0 unspecified atom stereocenters. The van der Waals surface area contributed by atoms with Crippen LogP contribution < -0.4 is 0 Å². The van der Waals surface area contributed by atoms with E-state index < -0.39 is 0 Å². The number of piperidine rings is 1. The van der Waals surface area contributed by atoms with E-state index in [9.17, 15) is 4.79 Å². The number of hydrogen-bond donors (Lipinski definition) is 0. The minimum atomic E-state index is -0.346. The Balaban J connectivity index is 2.16. The van der Waals surface area contributed by atoms with Crippen molar-refractivity contribution in [2.75, 3.05) is 20.1 Å². The molecule has 1 aromatic carbocycles. The molecule has 1 aliphatic rings. The Labute approximate surface area is 105 Å². The van der Waals surface area contributed by atoms with Crippen LogP contribution >= 0.6 is 15.9 Å². The van der Waals surface area contributed by atoms with Gasteiger partial charge in [-0.2, -0.15) is 0 Å². The summed E-state index contributed by atoms with van der Waals surface area (Å²) in [5.74, 6) is 0.223. The molecule has 0 aliphatic carbocycles. The van der Waals surface area contributed by atoms with Crippen molar-refractivity contribution in [1.82, 2.24) is 4.90 Å². The summed E-state index contributed by atoms with van der Waals surface area (Å²) in [6, 6.07) is 9.55. The Morgan fingerprint density at radius 3 is 2.38 bits per heavy atom. The van der Waals surface area contributed by atoms with Crippen LogP contribution in [0.1, 0.15) is 23.2 Å². The molecule has 0 aromatic heterocycles. The van der Waals surface area contributed by atoms with E-state index in [1.807, 2.05) is 30.3 Å².